The molecule has 2 saturated heterocycles. The van der Waals surface area contributed by atoms with Gasteiger partial charge in [-0.3, -0.25) is 10.9 Å². The van der Waals surface area contributed by atoms with Crippen LogP contribution in [0.15, 0.2) is 6.07 Å². The molecular formula is C17H29N7. The summed E-state index contributed by atoms with van der Waals surface area (Å²) in [7, 11) is 0. The van der Waals surface area contributed by atoms with Gasteiger partial charge in [0.05, 0.1) is 0 Å². The standard InChI is InChI=1S/C17H29N7/c1-12-9-16(21-14-3-4-15-13(10-14)11-19-23-15)22-17(20-12)24-7-2-5-18-6-8-24/h9,13-15,18-19,23H,2-8,10-11H2,1H3,(H,20,21,22). The zero-order chi connectivity index (χ0) is 16.4. The van der Waals surface area contributed by atoms with Gasteiger partial charge in [-0.05, 0) is 45.1 Å². The van der Waals surface area contributed by atoms with E-state index in [9.17, 15) is 0 Å². The van der Waals surface area contributed by atoms with Crippen LogP contribution in [-0.2, 0) is 0 Å². The molecule has 0 spiro atoms. The monoisotopic (exact) mass is 331 g/mol. The van der Waals surface area contributed by atoms with Crippen LogP contribution in [0.2, 0.25) is 0 Å². The van der Waals surface area contributed by atoms with Crippen LogP contribution in [0.5, 0.6) is 0 Å². The quantitative estimate of drug-likeness (QED) is 0.647. The van der Waals surface area contributed by atoms with E-state index in [-0.39, 0.29) is 0 Å². The van der Waals surface area contributed by atoms with Crippen molar-refractivity contribution < 1.29 is 0 Å². The van der Waals surface area contributed by atoms with Crippen LogP contribution in [0.3, 0.4) is 0 Å². The second-order valence-electron chi connectivity index (χ2n) is 7.33. The van der Waals surface area contributed by atoms with E-state index < -0.39 is 0 Å². The van der Waals surface area contributed by atoms with Gasteiger partial charge in [0, 0.05) is 50.0 Å². The minimum absolute atomic E-state index is 0.515. The second-order valence-corrected chi connectivity index (χ2v) is 7.33. The molecule has 132 valence electrons. The van der Waals surface area contributed by atoms with Gasteiger partial charge < -0.3 is 15.5 Å². The molecule has 3 heterocycles. The number of aromatic nitrogens is 2. The summed E-state index contributed by atoms with van der Waals surface area (Å²) in [5.41, 5.74) is 7.73. The van der Waals surface area contributed by atoms with Crippen LogP contribution in [0.25, 0.3) is 0 Å². The van der Waals surface area contributed by atoms with Crippen LogP contribution < -0.4 is 26.4 Å². The Kier molecular flexibility index (Phi) is 4.82. The van der Waals surface area contributed by atoms with E-state index in [4.69, 9.17) is 4.98 Å². The lowest BCUT2D eigenvalue weighted by molar-refractivity contribution is 0.314. The minimum atomic E-state index is 0.515. The average molecular weight is 331 g/mol. The summed E-state index contributed by atoms with van der Waals surface area (Å²) in [6.07, 6.45) is 4.77. The topological polar surface area (TPSA) is 77.1 Å². The first-order chi connectivity index (χ1) is 11.8. The fourth-order valence-electron chi connectivity index (χ4n) is 4.15. The maximum absolute atomic E-state index is 4.82. The molecule has 1 saturated carbocycles. The lowest BCUT2D eigenvalue weighted by Crippen LogP contribution is -2.39. The predicted molar refractivity (Wildman–Crippen MR) is 96.1 cm³/mol. The van der Waals surface area contributed by atoms with Crippen molar-refractivity contribution in [2.75, 3.05) is 42.9 Å². The first kappa shape index (κ1) is 16.1. The molecule has 1 aromatic rings. The first-order valence-corrected chi connectivity index (χ1v) is 9.34. The molecule has 4 rings (SSSR count). The van der Waals surface area contributed by atoms with E-state index in [2.05, 4.69) is 44.4 Å². The summed E-state index contributed by atoms with van der Waals surface area (Å²) in [5, 5.41) is 7.12. The number of fused-ring (bicyclic) bond motifs is 1. The molecular weight excluding hydrogens is 302 g/mol. The molecule has 4 N–H and O–H groups in total. The highest BCUT2D eigenvalue weighted by Crippen LogP contribution is 2.28. The zero-order valence-electron chi connectivity index (χ0n) is 14.5. The van der Waals surface area contributed by atoms with Crippen molar-refractivity contribution >= 4 is 11.8 Å². The Morgan fingerprint density at radius 3 is 3.12 bits per heavy atom. The largest absolute Gasteiger partial charge is 0.367 e. The molecule has 3 unspecified atom stereocenters. The van der Waals surface area contributed by atoms with Crippen LogP contribution in [0, 0.1) is 12.8 Å². The molecule has 2 aliphatic heterocycles. The smallest absolute Gasteiger partial charge is 0.227 e. The SMILES string of the molecule is Cc1cc(NC2CCC3NNCC3C2)nc(N2CCCNCC2)n1. The van der Waals surface area contributed by atoms with Gasteiger partial charge in [-0.1, -0.05) is 0 Å². The van der Waals surface area contributed by atoms with Gasteiger partial charge in [0.15, 0.2) is 0 Å². The molecule has 0 amide bonds. The van der Waals surface area contributed by atoms with E-state index in [1.807, 2.05) is 0 Å². The second kappa shape index (κ2) is 7.21. The number of nitrogens with one attached hydrogen (secondary N) is 4. The average Bonchev–Trinajstić information content (AvgIpc) is 2.86. The Bertz CT molecular complexity index is 556. The van der Waals surface area contributed by atoms with Gasteiger partial charge in [-0.25, -0.2) is 4.98 Å². The molecule has 1 aliphatic carbocycles. The van der Waals surface area contributed by atoms with Crippen molar-refractivity contribution in [1.82, 2.24) is 26.1 Å². The summed E-state index contributed by atoms with van der Waals surface area (Å²) < 4.78 is 0. The molecule has 3 atom stereocenters. The normalized spacial score (nSPS) is 30.7. The molecule has 7 heteroatoms. The molecule has 3 fully saturated rings. The van der Waals surface area contributed by atoms with Crippen molar-refractivity contribution in [3.05, 3.63) is 11.8 Å². The first-order valence-electron chi connectivity index (χ1n) is 9.34. The van der Waals surface area contributed by atoms with Crippen molar-refractivity contribution in [1.29, 1.82) is 0 Å². The molecule has 1 aromatic heterocycles. The Morgan fingerprint density at radius 1 is 1.21 bits per heavy atom. The molecule has 3 aliphatic rings. The van der Waals surface area contributed by atoms with Crippen molar-refractivity contribution in [2.45, 2.75) is 44.7 Å². The molecule has 0 radical (unpaired) electrons. The fraction of sp³-hybridized carbons (Fsp3) is 0.765. The third-order valence-corrected chi connectivity index (χ3v) is 5.45. The highest BCUT2D eigenvalue weighted by molar-refractivity contribution is 5.44. The van der Waals surface area contributed by atoms with Crippen LogP contribution in [0.1, 0.15) is 31.4 Å². The Morgan fingerprint density at radius 2 is 2.17 bits per heavy atom. The van der Waals surface area contributed by atoms with E-state index in [0.717, 1.165) is 62.5 Å². The molecule has 24 heavy (non-hydrogen) atoms. The van der Waals surface area contributed by atoms with Gasteiger partial charge >= 0.3 is 0 Å². The van der Waals surface area contributed by atoms with Crippen LogP contribution in [0.4, 0.5) is 11.8 Å². The lowest BCUT2D eigenvalue weighted by Gasteiger charge is -2.31. The highest BCUT2D eigenvalue weighted by Gasteiger charge is 2.33. The van der Waals surface area contributed by atoms with E-state index in [0.29, 0.717) is 12.1 Å². The van der Waals surface area contributed by atoms with Gasteiger partial charge in [0.25, 0.3) is 0 Å². The van der Waals surface area contributed by atoms with Gasteiger partial charge in [-0.2, -0.15) is 4.98 Å². The van der Waals surface area contributed by atoms with Crippen molar-refractivity contribution in [3.8, 4) is 0 Å². The van der Waals surface area contributed by atoms with E-state index in [1.165, 1.54) is 19.3 Å². The van der Waals surface area contributed by atoms with E-state index in [1.54, 1.807) is 0 Å². The summed E-state index contributed by atoms with van der Waals surface area (Å²) in [6, 6.07) is 3.24. The van der Waals surface area contributed by atoms with Gasteiger partial charge in [0.1, 0.15) is 5.82 Å². The Hall–Kier alpha value is -1.44. The minimum Gasteiger partial charge on any atom is -0.367 e. The summed E-state index contributed by atoms with van der Waals surface area (Å²) in [5.74, 6) is 2.59. The Labute approximate surface area is 144 Å². The number of anilines is 2. The van der Waals surface area contributed by atoms with Gasteiger partial charge in [0.2, 0.25) is 5.95 Å². The summed E-state index contributed by atoms with van der Waals surface area (Å²) in [4.78, 5) is 11.8. The number of aryl methyl sites for hydroxylation is 1. The fourth-order valence-corrected chi connectivity index (χ4v) is 4.15. The maximum Gasteiger partial charge on any atom is 0.227 e. The third kappa shape index (κ3) is 3.63. The van der Waals surface area contributed by atoms with Gasteiger partial charge in [-0.15, -0.1) is 0 Å². The molecule has 0 bridgehead atoms. The highest BCUT2D eigenvalue weighted by atomic mass is 15.4. The zero-order valence-corrected chi connectivity index (χ0v) is 14.5. The molecule has 7 nitrogen and oxygen atoms in total. The molecule has 0 aromatic carbocycles. The number of hydrazine groups is 1. The summed E-state index contributed by atoms with van der Waals surface area (Å²) >= 11 is 0. The lowest BCUT2D eigenvalue weighted by atomic mass is 9.83. The van der Waals surface area contributed by atoms with Crippen molar-refractivity contribution in [2.24, 2.45) is 5.92 Å². The number of nitrogens with zero attached hydrogens (tertiary/aromatic N) is 3. The van der Waals surface area contributed by atoms with E-state index >= 15 is 0 Å². The Balaban J connectivity index is 1.44. The maximum atomic E-state index is 4.82. The van der Waals surface area contributed by atoms with Crippen molar-refractivity contribution in [3.63, 3.8) is 0 Å². The van der Waals surface area contributed by atoms with Crippen LogP contribution in [-0.4, -0.2) is 54.8 Å². The number of hydrogen-bond donors (Lipinski definition) is 4. The predicted octanol–water partition coefficient (Wildman–Crippen LogP) is 0.642. The number of hydrogen-bond acceptors (Lipinski definition) is 7. The number of rotatable bonds is 3. The summed E-state index contributed by atoms with van der Waals surface area (Å²) in [6.45, 7) is 7.24. The van der Waals surface area contributed by atoms with Crippen LogP contribution >= 0.6 is 0 Å². The third-order valence-electron chi connectivity index (χ3n) is 5.45.